The second-order valence-corrected chi connectivity index (χ2v) is 7.33. The van der Waals surface area contributed by atoms with Crippen LogP contribution in [0.25, 0.3) is 0 Å². The van der Waals surface area contributed by atoms with Crippen molar-refractivity contribution in [3.8, 4) is 0 Å². The first kappa shape index (κ1) is 19.5. The molecule has 11 nitrogen and oxygen atoms in total. The zero-order valence-electron chi connectivity index (χ0n) is 15.9. The van der Waals surface area contributed by atoms with E-state index in [-0.39, 0.29) is 18.7 Å². The molecular weight excluding hydrogens is 368 g/mol. The van der Waals surface area contributed by atoms with Crippen molar-refractivity contribution in [1.29, 1.82) is 0 Å². The number of morpholine rings is 2. The molecular formula is C17H28N6O5. The van der Waals surface area contributed by atoms with Gasteiger partial charge >= 0.3 is 6.03 Å². The monoisotopic (exact) mass is 396 g/mol. The van der Waals surface area contributed by atoms with E-state index in [9.17, 15) is 9.90 Å². The van der Waals surface area contributed by atoms with Crippen LogP contribution in [0.4, 0.5) is 4.79 Å². The van der Waals surface area contributed by atoms with Crippen molar-refractivity contribution in [3.63, 3.8) is 0 Å². The predicted octanol–water partition coefficient (Wildman–Crippen LogP) is -1.72. The third-order valence-electron chi connectivity index (χ3n) is 5.33. The minimum atomic E-state index is -0.744. The largest absolute Gasteiger partial charge is 0.388 e. The lowest BCUT2D eigenvalue weighted by molar-refractivity contribution is 0.0336. The summed E-state index contributed by atoms with van der Waals surface area (Å²) in [6.45, 7) is 6.77. The number of carbonyl (C=O) groups excluding carboxylic acids is 1. The zero-order valence-corrected chi connectivity index (χ0v) is 15.9. The summed E-state index contributed by atoms with van der Waals surface area (Å²) in [5.41, 5.74) is 0.884. The molecule has 4 heterocycles. The van der Waals surface area contributed by atoms with Crippen LogP contribution < -0.4 is 5.32 Å². The minimum Gasteiger partial charge on any atom is -0.388 e. The summed E-state index contributed by atoms with van der Waals surface area (Å²) in [6.07, 6.45) is 0.786. The number of amides is 2. The molecule has 3 aliphatic rings. The Hall–Kier alpha value is -1.79. The molecule has 0 aromatic carbocycles. The lowest BCUT2D eigenvalue weighted by atomic mass is 10.1. The highest BCUT2D eigenvalue weighted by Crippen LogP contribution is 2.17. The molecule has 11 heteroatoms. The lowest BCUT2D eigenvalue weighted by Gasteiger charge is -2.30. The molecule has 156 valence electrons. The van der Waals surface area contributed by atoms with E-state index in [1.165, 1.54) is 0 Å². The summed E-state index contributed by atoms with van der Waals surface area (Å²) in [5.74, 6) is 0. The normalized spacial score (nSPS) is 29.2. The maximum Gasteiger partial charge on any atom is 0.317 e. The van der Waals surface area contributed by atoms with Gasteiger partial charge in [0.15, 0.2) is 0 Å². The van der Waals surface area contributed by atoms with E-state index in [4.69, 9.17) is 14.2 Å². The van der Waals surface area contributed by atoms with E-state index in [2.05, 4.69) is 20.5 Å². The highest BCUT2D eigenvalue weighted by atomic mass is 16.5. The van der Waals surface area contributed by atoms with E-state index >= 15 is 0 Å². The number of nitrogens with zero attached hydrogens (tertiary/aromatic N) is 5. The quantitative estimate of drug-likeness (QED) is 0.604. The summed E-state index contributed by atoms with van der Waals surface area (Å²) in [4.78, 5) is 16.4. The average Bonchev–Trinajstić information content (AvgIpc) is 3.31. The Morgan fingerprint density at radius 1 is 1.18 bits per heavy atom. The predicted molar refractivity (Wildman–Crippen MR) is 96.6 cm³/mol. The smallest absolute Gasteiger partial charge is 0.317 e. The number of urea groups is 1. The molecule has 4 rings (SSSR count). The van der Waals surface area contributed by atoms with E-state index in [0.717, 1.165) is 38.5 Å². The number of ether oxygens (including phenoxy) is 3. The van der Waals surface area contributed by atoms with Gasteiger partial charge < -0.3 is 29.5 Å². The molecule has 28 heavy (non-hydrogen) atoms. The topological polar surface area (TPSA) is 114 Å². The Bertz CT molecular complexity index is 646. The molecule has 0 bridgehead atoms. The van der Waals surface area contributed by atoms with Gasteiger partial charge in [-0.25, -0.2) is 9.48 Å². The third-order valence-corrected chi connectivity index (χ3v) is 5.33. The van der Waals surface area contributed by atoms with Gasteiger partial charge in [-0.2, -0.15) is 0 Å². The molecule has 0 aliphatic carbocycles. The van der Waals surface area contributed by atoms with Gasteiger partial charge in [-0.1, -0.05) is 5.21 Å². The van der Waals surface area contributed by atoms with Gasteiger partial charge in [0.05, 0.1) is 51.3 Å². The van der Waals surface area contributed by atoms with Crippen molar-refractivity contribution < 1.29 is 24.1 Å². The van der Waals surface area contributed by atoms with Crippen molar-refractivity contribution >= 4 is 6.03 Å². The van der Waals surface area contributed by atoms with Crippen LogP contribution in [-0.2, 0) is 27.3 Å². The average molecular weight is 396 g/mol. The van der Waals surface area contributed by atoms with Crippen LogP contribution in [-0.4, -0.2) is 113 Å². The maximum atomic E-state index is 12.5. The molecule has 0 radical (unpaired) electrons. The zero-order chi connectivity index (χ0) is 19.3. The van der Waals surface area contributed by atoms with Crippen molar-refractivity contribution in [2.45, 2.75) is 31.3 Å². The van der Waals surface area contributed by atoms with Crippen molar-refractivity contribution in [3.05, 3.63) is 11.9 Å². The van der Waals surface area contributed by atoms with E-state index in [0.29, 0.717) is 32.8 Å². The first-order chi connectivity index (χ1) is 13.7. The van der Waals surface area contributed by atoms with Crippen LogP contribution >= 0.6 is 0 Å². The van der Waals surface area contributed by atoms with Gasteiger partial charge in [0.25, 0.3) is 0 Å². The van der Waals surface area contributed by atoms with E-state index < -0.39 is 12.1 Å². The number of carbonyl (C=O) groups is 1. The van der Waals surface area contributed by atoms with Gasteiger partial charge in [-0.05, 0) is 0 Å². The lowest BCUT2D eigenvalue weighted by Crippen LogP contribution is -2.54. The van der Waals surface area contributed by atoms with Crippen LogP contribution in [0, 0.1) is 0 Å². The SMILES string of the molecule is O=C(N[C@@H]1[C@@H](O)CO[C@@H]1Cn1cc(CN2CCOCC2)nn1)N1CCOCC1. The summed E-state index contributed by atoms with van der Waals surface area (Å²) >= 11 is 0. The Kier molecular flexibility index (Phi) is 6.37. The molecule has 0 unspecified atom stereocenters. The second kappa shape index (κ2) is 9.14. The summed E-state index contributed by atoms with van der Waals surface area (Å²) in [7, 11) is 0. The molecule has 1 aromatic rings. The Balaban J connectivity index is 1.32. The van der Waals surface area contributed by atoms with Gasteiger partial charge in [-0.3, -0.25) is 4.90 Å². The van der Waals surface area contributed by atoms with Crippen LogP contribution in [0.1, 0.15) is 5.69 Å². The number of hydrogen-bond donors (Lipinski definition) is 2. The van der Waals surface area contributed by atoms with Gasteiger partial charge in [0, 0.05) is 38.9 Å². The van der Waals surface area contributed by atoms with Crippen molar-refractivity contribution in [2.75, 3.05) is 59.2 Å². The third kappa shape index (κ3) is 4.78. The molecule has 0 saturated carbocycles. The number of aliphatic hydroxyl groups is 1. The molecule has 2 N–H and O–H groups in total. The molecule has 3 saturated heterocycles. The number of aromatic nitrogens is 3. The molecule has 3 aliphatic heterocycles. The molecule has 2 amide bonds. The number of rotatable bonds is 5. The second-order valence-electron chi connectivity index (χ2n) is 7.33. The highest BCUT2D eigenvalue weighted by Gasteiger charge is 2.38. The number of nitrogens with one attached hydrogen (secondary N) is 1. The summed E-state index contributed by atoms with van der Waals surface area (Å²) in [6, 6.07) is -0.684. The fourth-order valence-electron chi connectivity index (χ4n) is 3.71. The number of aliphatic hydroxyl groups excluding tert-OH is 1. The fourth-order valence-corrected chi connectivity index (χ4v) is 3.71. The fraction of sp³-hybridized carbons (Fsp3) is 0.824. The summed E-state index contributed by atoms with van der Waals surface area (Å²) < 4.78 is 18.1. The van der Waals surface area contributed by atoms with E-state index in [1.54, 1.807) is 9.58 Å². The first-order valence-corrected chi connectivity index (χ1v) is 9.81. The molecule has 3 atom stereocenters. The van der Waals surface area contributed by atoms with Gasteiger partial charge in [-0.15, -0.1) is 5.10 Å². The van der Waals surface area contributed by atoms with Crippen LogP contribution in [0.5, 0.6) is 0 Å². The number of hydrogen-bond acceptors (Lipinski definition) is 8. The van der Waals surface area contributed by atoms with Crippen molar-refractivity contribution in [2.24, 2.45) is 0 Å². The van der Waals surface area contributed by atoms with Crippen LogP contribution in [0.2, 0.25) is 0 Å². The van der Waals surface area contributed by atoms with Crippen LogP contribution in [0.3, 0.4) is 0 Å². The van der Waals surface area contributed by atoms with E-state index in [1.807, 2.05) is 6.20 Å². The van der Waals surface area contributed by atoms with Crippen LogP contribution in [0.15, 0.2) is 6.20 Å². The molecule has 0 spiro atoms. The first-order valence-electron chi connectivity index (χ1n) is 9.81. The molecule has 1 aromatic heterocycles. The van der Waals surface area contributed by atoms with Gasteiger partial charge in [0.1, 0.15) is 12.2 Å². The Morgan fingerprint density at radius 3 is 2.64 bits per heavy atom. The summed E-state index contributed by atoms with van der Waals surface area (Å²) in [5, 5.41) is 21.6. The standard InChI is InChI=1S/C17H28N6O5/c24-14-12-28-15(16(14)18-17(25)22-3-7-27-8-4-22)11-23-10-13(19-20-23)9-21-1-5-26-6-2-21/h10,14-16,24H,1-9,11-12H2,(H,18,25)/t14-,15+,16+/m0/s1. The maximum absolute atomic E-state index is 12.5. The Labute approximate surface area is 163 Å². The van der Waals surface area contributed by atoms with Crippen molar-refractivity contribution in [1.82, 2.24) is 30.1 Å². The minimum absolute atomic E-state index is 0.189. The Morgan fingerprint density at radius 2 is 1.89 bits per heavy atom. The molecule has 3 fully saturated rings. The van der Waals surface area contributed by atoms with Gasteiger partial charge in [0.2, 0.25) is 0 Å². The highest BCUT2D eigenvalue weighted by molar-refractivity contribution is 5.74.